The van der Waals surface area contributed by atoms with E-state index in [-0.39, 0.29) is 37.0 Å². The SMILES string of the molecule is Cc1cccc(OCC(=O)N2CC(N3C(=O)CNC3=O)C2)c1. The fourth-order valence-corrected chi connectivity index (χ4v) is 2.57. The summed E-state index contributed by atoms with van der Waals surface area (Å²) in [5.74, 6) is 0.266. The number of benzene rings is 1. The second-order valence-corrected chi connectivity index (χ2v) is 5.48. The average Bonchev–Trinajstić information content (AvgIpc) is 2.76. The minimum absolute atomic E-state index is 0.0414. The normalized spacial score (nSPS) is 18.2. The van der Waals surface area contributed by atoms with Crippen LogP contribution in [-0.2, 0) is 9.59 Å². The Labute approximate surface area is 127 Å². The van der Waals surface area contributed by atoms with Crippen LogP contribution in [0, 0.1) is 6.92 Å². The van der Waals surface area contributed by atoms with Gasteiger partial charge in [-0.1, -0.05) is 12.1 Å². The lowest BCUT2D eigenvalue weighted by Crippen LogP contribution is -2.63. The van der Waals surface area contributed by atoms with Crippen LogP contribution in [-0.4, -0.2) is 59.9 Å². The van der Waals surface area contributed by atoms with Crippen LogP contribution < -0.4 is 10.1 Å². The van der Waals surface area contributed by atoms with Gasteiger partial charge in [0.05, 0.1) is 12.6 Å². The van der Waals surface area contributed by atoms with Crippen LogP contribution in [0.25, 0.3) is 0 Å². The first kappa shape index (κ1) is 14.4. The van der Waals surface area contributed by atoms with Crippen LogP contribution in [0.5, 0.6) is 5.75 Å². The van der Waals surface area contributed by atoms with E-state index in [1.165, 1.54) is 4.90 Å². The molecule has 0 unspecified atom stereocenters. The van der Waals surface area contributed by atoms with Gasteiger partial charge in [-0.25, -0.2) is 4.79 Å². The van der Waals surface area contributed by atoms with E-state index in [1.54, 1.807) is 11.0 Å². The van der Waals surface area contributed by atoms with Crippen LogP contribution in [0.3, 0.4) is 0 Å². The third-order valence-corrected chi connectivity index (χ3v) is 3.81. The van der Waals surface area contributed by atoms with Crippen LogP contribution in [0.4, 0.5) is 4.79 Å². The summed E-state index contributed by atoms with van der Waals surface area (Å²) in [6, 6.07) is 6.88. The monoisotopic (exact) mass is 303 g/mol. The van der Waals surface area contributed by atoms with E-state index >= 15 is 0 Å². The molecule has 0 aliphatic carbocycles. The zero-order valence-electron chi connectivity index (χ0n) is 12.2. The van der Waals surface area contributed by atoms with Crippen LogP contribution >= 0.6 is 0 Å². The number of rotatable bonds is 4. The van der Waals surface area contributed by atoms with E-state index in [9.17, 15) is 14.4 Å². The summed E-state index contributed by atoms with van der Waals surface area (Å²) in [6.45, 7) is 2.69. The first-order chi connectivity index (χ1) is 10.5. The van der Waals surface area contributed by atoms with Crippen LogP contribution in [0.1, 0.15) is 5.56 Å². The maximum Gasteiger partial charge on any atom is 0.324 e. The van der Waals surface area contributed by atoms with E-state index in [1.807, 2.05) is 25.1 Å². The highest BCUT2D eigenvalue weighted by molar-refractivity contribution is 6.02. The molecule has 0 saturated carbocycles. The third-order valence-electron chi connectivity index (χ3n) is 3.81. The van der Waals surface area contributed by atoms with Crippen molar-refractivity contribution in [2.75, 3.05) is 26.2 Å². The number of hydrogen-bond acceptors (Lipinski definition) is 4. The summed E-state index contributed by atoms with van der Waals surface area (Å²) in [7, 11) is 0. The highest BCUT2D eigenvalue weighted by atomic mass is 16.5. The van der Waals surface area contributed by atoms with Gasteiger partial charge in [0, 0.05) is 13.1 Å². The minimum Gasteiger partial charge on any atom is -0.484 e. The molecule has 2 fully saturated rings. The van der Waals surface area contributed by atoms with Gasteiger partial charge in [0.15, 0.2) is 6.61 Å². The van der Waals surface area contributed by atoms with Gasteiger partial charge in [0.1, 0.15) is 5.75 Å². The molecule has 0 spiro atoms. The van der Waals surface area contributed by atoms with Crippen molar-refractivity contribution >= 4 is 17.8 Å². The predicted octanol–water partition coefficient (Wildman–Crippen LogP) is 0.136. The second-order valence-electron chi connectivity index (χ2n) is 5.48. The number of urea groups is 1. The number of carbonyl (C=O) groups excluding carboxylic acids is 3. The molecule has 0 atom stereocenters. The molecule has 3 rings (SSSR count). The molecular weight excluding hydrogens is 286 g/mol. The molecule has 0 aromatic heterocycles. The molecule has 4 amide bonds. The minimum atomic E-state index is -0.377. The van der Waals surface area contributed by atoms with Crippen molar-refractivity contribution in [3.8, 4) is 5.75 Å². The maximum atomic E-state index is 12.0. The van der Waals surface area contributed by atoms with Gasteiger partial charge in [0.25, 0.3) is 5.91 Å². The average molecular weight is 303 g/mol. The number of aryl methyl sites for hydroxylation is 1. The predicted molar refractivity (Wildman–Crippen MR) is 77.3 cm³/mol. The summed E-state index contributed by atoms with van der Waals surface area (Å²) in [5, 5.41) is 2.47. The molecule has 2 heterocycles. The standard InChI is InChI=1S/C15H17N3O4/c1-10-3-2-4-12(5-10)22-9-14(20)17-7-11(8-17)18-13(19)6-16-15(18)21/h2-5,11H,6-9H2,1H3,(H,16,21). The number of ether oxygens (including phenoxy) is 1. The smallest absolute Gasteiger partial charge is 0.324 e. The summed E-state index contributed by atoms with van der Waals surface area (Å²) in [5.41, 5.74) is 1.06. The number of nitrogens with one attached hydrogen (secondary N) is 1. The Kier molecular flexibility index (Phi) is 3.70. The largest absolute Gasteiger partial charge is 0.484 e. The Hall–Kier alpha value is -2.57. The van der Waals surface area contributed by atoms with E-state index in [2.05, 4.69) is 5.32 Å². The fraction of sp³-hybridized carbons (Fsp3) is 0.400. The molecule has 116 valence electrons. The highest BCUT2D eigenvalue weighted by Gasteiger charge is 2.42. The molecule has 2 saturated heterocycles. The van der Waals surface area contributed by atoms with Gasteiger partial charge < -0.3 is 15.0 Å². The molecule has 1 aromatic rings. The lowest BCUT2D eigenvalue weighted by atomic mass is 10.1. The molecule has 0 radical (unpaired) electrons. The fourth-order valence-electron chi connectivity index (χ4n) is 2.57. The van der Waals surface area contributed by atoms with Crippen LogP contribution in [0.15, 0.2) is 24.3 Å². The maximum absolute atomic E-state index is 12.0. The molecule has 2 aliphatic rings. The Morgan fingerprint density at radius 3 is 2.77 bits per heavy atom. The van der Waals surface area contributed by atoms with Crippen molar-refractivity contribution in [1.29, 1.82) is 0 Å². The summed E-state index contributed by atoms with van der Waals surface area (Å²) < 4.78 is 5.46. The summed E-state index contributed by atoms with van der Waals surface area (Å²) in [6.07, 6.45) is 0. The van der Waals surface area contributed by atoms with Crippen molar-refractivity contribution in [1.82, 2.24) is 15.1 Å². The van der Waals surface area contributed by atoms with Crippen molar-refractivity contribution in [3.05, 3.63) is 29.8 Å². The molecule has 1 aromatic carbocycles. The Bertz CT molecular complexity index is 609. The van der Waals surface area contributed by atoms with Gasteiger partial charge in [-0.2, -0.15) is 0 Å². The summed E-state index contributed by atoms with van der Waals surface area (Å²) >= 11 is 0. The van der Waals surface area contributed by atoms with E-state index in [0.29, 0.717) is 18.8 Å². The van der Waals surface area contributed by atoms with Crippen molar-refractivity contribution in [2.24, 2.45) is 0 Å². The van der Waals surface area contributed by atoms with E-state index in [0.717, 1.165) is 5.56 Å². The van der Waals surface area contributed by atoms with Gasteiger partial charge in [-0.3, -0.25) is 14.5 Å². The molecule has 22 heavy (non-hydrogen) atoms. The number of imide groups is 1. The zero-order chi connectivity index (χ0) is 15.7. The van der Waals surface area contributed by atoms with Gasteiger partial charge >= 0.3 is 6.03 Å². The first-order valence-electron chi connectivity index (χ1n) is 7.12. The molecule has 7 heteroatoms. The van der Waals surface area contributed by atoms with Gasteiger partial charge in [0.2, 0.25) is 5.91 Å². The summed E-state index contributed by atoms with van der Waals surface area (Å²) in [4.78, 5) is 37.8. The molecule has 0 bridgehead atoms. The number of likely N-dealkylation sites (tertiary alicyclic amines) is 1. The Balaban J connectivity index is 1.47. The topological polar surface area (TPSA) is 79.0 Å². The Morgan fingerprint density at radius 2 is 2.14 bits per heavy atom. The number of hydrogen-bond donors (Lipinski definition) is 1. The van der Waals surface area contributed by atoms with Gasteiger partial charge in [-0.15, -0.1) is 0 Å². The molecule has 2 aliphatic heterocycles. The van der Waals surface area contributed by atoms with Crippen molar-refractivity contribution in [3.63, 3.8) is 0 Å². The van der Waals surface area contributed by atoms with Crippen LogP contribution in [0.2, 0.25) is 0 Å². The zero-order valence-corrected chi connectivity index (χ0v) is 12.2. The Morgan fingerprint density at radius 1 is 1.36 bits per heavy atom. The van der Waals surface area contributed by atoms with Gasteiger partial charge in [-0.05, 0) is 24.6 Å². The van der Waals surface area contributed by atoms with Crippen molar-refractivity contribution < 1.29 is 19.1 Å². The highest BCUT2D eigenvalue weighted by Crippen LogP contribution is 2.18. The lowest BCUT2D eigenvalue weighted by Gasteiger charge is -2.42. The van der Waals surface area contributed by atoms with Crippen molar-refractivity contribution in [2.45, 2.75) is 13.0 Å². The third kappa shape index (κ3) is 2.74. The van der Waals surface area contributed by atoms with E-state index in [4.69, 9.17) is 4.74 Å². The first-order valence-corrected chi connectivity index (χ1v) is 7.12. The quantitative estimate of drug-likeness (QED) is 0.802. The second kappa shape index (κ2) is 5.67. The molecular formula is C15H17N3O4. The number of carbonyl (C=O) groups is 3. The number of amides is 4. The lowest BCUT2D eigenvalue weighted by molar-refractivity contribution is -0.143. The molecule has 7 nitrogen and oxygen atoms in total. The molecule has 1 N–H and O–H groups in total. The number of nitrogens with zero attached hydrogens (tertiary/aromatic N) is 2. The van der Waals surface area contributed by atoms with E-state index < -0.39 is 0 Å².